The van der Waals surface area contributed by atoms with E-state index < -0.39 is 18.4 Å². The Morgan fingerprint density at radius 2 is 1.33 bits per heavy atom. The molecule has 2 amide bonds. The van der Waals surface area contributed by atoms with Crippen LogP contribution in [0.5, 0.6) is 0 Å². The second kappa shape index (κ2) is 11.4. The minimum absolute atomic E-state index is 0.0509. The third-order valence-corrected chi connectivity index (χ3v) is 5.70. The van der Waals surface area contributed by atoms with Crippen LogP contribution in [0.3, 0.4) is 0 Å². The van der Waals surface area contributed by atoms with Crippen LogP contribution in [0, 0.1) is 0 Å². The molecular formula is C27H22ClNO7. The van der Waals surface area contributed by atoms with E-state index in [-0.39, 0.29) is 24.1 Å². The molecule has 0 aromatic heterocycles. The van der Waals surface area contributed by atoms with E-state index in [0.717, 1.165) is 16.7 Å². The van der Waals surface area contributed by atoms with Crippen molar-refractivity contribution in [2.45, 2.75) is 19.8 Å². The van der Waals surface area contributed by atoms with Gasteiger partial charge in [0.05, 0.1) is 11.1 Å². The SMILES string of the molecule is CC(=O)c1ccc(-c2ccc(Cl)cc2)cc1CCN1C(=O)c2ccccc2C1=O.O=C(O)CC(=O)O. The molecule has 0 unspecified atom stereocenters. The van der Waals surface area contributed by atoms with Gasteiger partial charge in [-0.2, -0.15) is 0 Å². The second-order valence-corrected chi connectivity index (χ2v) is 8.39. The molecular weight excluding hydrogens is 486 g/mol. The van der Waals surface area contributed by atoms with E-state index in [4.69, 9.17) is 21.8 Å². The van der Waals surface area contributed by atoms with Gasteiger partial charge in [0.2, 0.25) is 0 Å². The van der Waals surface area contributed by atoms with Crippen molar-refractivity contribution in [1.29, 1.82) is 0 Å². The zero-order chi connectivity index (χ0) is 26.4. The maximum atomic E-state index is 12.6. The summed E-state index contributed by atoms with van der Waals surface area (Å²) in [7, 11) is 0. The van der Waals surface area contributed by atoms with Gasteiger partial charge in [-0.3, -0.25) is 28.9 Å². The lowest BCUT2D eigenvalue weighted by molar-refractivity contribution is -0.147. The Morgan fingerprint density at radius 1 is 0.806 bits per heavy atom. The van der Waals surface area contributed by atoms with Crippen LogP contribution in [0.1, 0.15) is 50.0 Å². The van der Waals surface area contributed by atoms with Crippen LogP contribution in [-0.4, -0.2) is 51.2 Å². The average Bonchev–Trinajstić information content (AvgIpc) is 3.07. The number of ketones is 1. The third-order valence-electron chi connectivity index (χ3n) is 5.45. The topological polar surface area (TPSA) is 129 Å². The quantitative estimate of drug-likeness (QED) is 0.272. The summed E-state index contributed by atoms with van der Waals surface area (Å²) in [6.45, 7) is 1.74. The van der Waals surface area contributed by atoms with Crippen LogP contribution in [-0.2, 0) is 16.0 Å². The van der Waals surface area contributed by atoms with Gasteiger partial charge in [-0.25, -0.2) is 0 Å². The zero-order valence-corrected chi connectivity index (χ0v) is 20.0. The molecule has 8 nitrogen and oxygen atoms in total. The number of carboxylic acid groups (broad SMARTS) is 2. The first-order valence-electron chi connectivity index (χ1n) is 10.9. The summed E-state index contributed by atoms with van der Waals surface area (Å²) in [6.07, 6.45) is -0.401. The summed E-state index contributed by atoms with van der Waals surface area (Å²) in [4.78, 5) is 57.4. The number of carbonyl (C=O) groups is 5. The number of amides is 2. The minimum Gasteiger partial charge on any atom is -0.481 e. The smallest absolute Gasteiger partial charge is 0.314 e. The van der Waals surface area contributed by atoms with E-state index >= 15 is 0 Å². The molecule has 184 valence electrons. The number of carbonyl (C=O) groups excluding carboxylic acids is 3. The Morgan fingerprint density at radius 3 is 1.81 bits per heavy atom. The summed E-state index contributed by atoms with van der Waals surface area (Å²) in [5.74, 6) is -3.25. The van der Waals surface area contributed by atoms with Gasteiger partial charge in [-0.15, -0.1) is 0 Å². The van der Waals surface area contributed by atoms with Crippen molar-refractivity contribution in [1.82, 2.24) is 4.90 Å². The van der Waals surface area contributed by atoms with Gasteiger partial charge in [0.25, 0.3) is 11.8 Å². The highest BCUT2D eigenvalue weighted by Gasteiger charge is 2.34. The van der Waals surface area contributed by atoms with Crippen LogP contribution in [0.2, 0.25) is 5.02 Å². The van der Waals surface area contributed by atoms with E-state index in [2.05, 4.69) is 0 Å². The van der Waals surface area contributed by atoms with E-state index in [1.807, 2.05) is 36.4 Å². The molecule has 0 bridgehead atoms. The van der Waals surface area contributed by atoms with Crippen LogP contribution in [0.15, 0.2) is 66.7 Å². The number of hydrogen-bond acceptors (Lipinski definition) is 5. The number of halogens is 1. The van der Waals surface area contributed by atoms with Gasteiger partial charge in [0.1, 0.15) is 6.42 Å². The predicted octanol–water partition coefficient (Wildman–Crippen LogP) is 4.59. The maximum Gasteiger partial charge on any atom is 0.314 e. The van der Waals surface area contributed by atoms with E-state index in [1.165, 1.54) is 11.8 Å². The zero-order valence-electron chi connectivity index (χ0n) is 19.2. The summed E-state index contributed by atoms with van der Waals surface area (Å²) in [5.41, 5.74) is 4.19. The van der Waals surface area contributed by atoms with Gasteiger partial charge in [0, 0.05) is 17.1 Å². The van der Waals surface area contributed by atoms with Crippen molar-refractivity contribution in [3.8, 4) is 11.1 Å². The molecule has 3 aromatic carbocycles. The van der Waals surface area contributed by atoms with E-state index in [0.29, 0.717) is 28.1 Å². The highest BCUT2D eigenvalue weighted by atomic mass is 35.5. The first kappa shape index (κ1) is 26.3. The number of rotatable bonds is 7. The van der Waals surface area contributed by atoms with Crippen LogP contribution in [0.4, 0.5) is 0 Å². The van der Waals surface area contributed by atoms with Gasteiger partial charge in [-0.1, -0.05) is 54.1 Å². The van der Waals surface area contributed by atoms with Crippen LogP contribution >= 0.6 is 11.6 Å². The lowest BCUT2D eigenvalue weighted by Crippen LogP contribution is -2.32. The summed E-state index contributed by atoms with van der Waals surface area (Å²) in [6, 6.07) is 19.9. The van der Waals surface area contributed by atoms with Gasteiger partial charge in [0.15, 0.2) is 5.78 Å². The molecule has 0 saturated carbocycles. The van der Waals surface area contributed by atoms with Crippen molar-refractivity contribution in [2.75, 3.05) is 6.54 Å². The van der Waals surface area contributed by atoms with Crippen molar-refractivity contribution < 1.29 is 34.2 Å². The molecule has 3 aromatic rings. The molecule has 0 atom stereocenters. The Labute approximate surface area is 211 Å². The standard InChI is InChI=1S/C24H18ClNO3.C3H4O4/c1-15(27)20-11-8-17(16-6-9-19(25)10-7-16)14-18(20)12-13-26-23(28)21-4-2-3-5-22(21)24(26)29;4-2(5)1-3(6)7/h2-11,14H,12-13H2,1H3;1H2,(H,4,5)(H,6,7). The maximum absolute atomic E-state index is 12.6. The van der Waals surface area contributed by atoms with Gasteiger partial charge < -0.3 is 10.2 Å². The lowest BCUT2D eigenvalue weighted by Gasteiger charge is -2.16. The fraction of sp³-hybridized carbons (Fsp3) is 0.148. The number of Topliss-reactive ketones (excluding diaryl/α,β-unsaturated/α-hetero) is 1. The van der Waals surface area contributed by atoms with E-state index in [1.54, 1.807) is 30.3 Å². The number of nitrogens with zero attached hydrogens (tertiary/aromatic N) is 1. The summed E-state index contributed by atoms with van der Waals surface area (Å²) in [5, 5.41) is 16.1. The Bertz CT molecular complexity index is 1300. The Hall–Kier alpha value is -4.30. The van der Waals surface area contributed by atoms with Crippen molar-refractivity contribution >= 4 is 41.1 Å². The number of aliphatic carboxylic acids is 2. The number of carboxylic acids is 2. The van der Waals surface area contributed by atoms with Crippen molar-refractivity contribution in [2.24, 2.45) is 0 Å². The number of hydrogen-bond donors (Lipinski definition) is 2. The van der Waals surface area contributed by atoms with Gasteiger partial charge in [-0.05, 0) is 54.3 Å². The monoisotopic (exact) mass is 507 g/mol. The molecule has 0 aliphatic carbocycles. The molecule has 36 heavy (non-hydrogen) atoms. The third kappa shape index (κ3) is 6.22. The first-order valence-corrected chi connectivity index (χ1v) is 11.2. The normalized spacial score (nSPS) is 12.0. The molecule has 1 heterocycles. The Kier molecular flexibility index (Phi) is 8.34. The number of benzene rings is 3. The Balaban J connectivity index is 0.000000454. The molecule has 1 aliphatic rings. The predicted molar refractivity (Wildman–Crippen MR) is 132 cm³/mol. The van der Waals surface area contributed by atoms with Crippen LogP contribution in [0.25, 0.3) is 11.1 Å². The van der Waals surface area contributed by atoms with E-state index in [9.17, 15) is 24.0 Å². The highest BCUT2D eigenvalue weighted by Crippen LogP contribution is 2.27. The fourth-order valence-corrected chi connectivity index (χ4v) is 3.90. The summed E-state index contributed by atoms with van der Waals surface area (Å²) >= 11 is 5.97. The molecule has 2 N–H and O–H groups in total. The second-order valence-electron chi connectivity index (χ2n) is 7.96. The van der Waals surface area contributed by atoms with Crippen molar-refractivity contribution in [3.63, 3.8) is 0 Å². The molecule has 0 radical (unpaired) electrons. The van der Waals surface area contributed by atoms with Crippen molar-refractivity contribution in [3.05, 3.63) is 94.0 Å². The number of imide groups is 1. The molecule has 9 heteroatoms. The highest BCUT2D eigenvalue weighted by molar-refractivity contribution is 6.30. The lowest BCUT2D eigenvalue weighted by atomic mass is 9.95. The summed E-state index contributed by atoms with van der Waals surface area (Å²) < 4.78 is 0. The van der Waals surface area contributed by atoms with Crippen LogP contribution < -0.4 is 0 Å². The largest absolute Gasteiger partial charge is 0.481 e. The molecule has 1 aliphatic heterocycles. The molecule has 0 saturated heterocycles. The van der Waals surface area contributed by atoms with Gasteiger partial charge >= 0.3 is 11.9 Å². The number of fused-ring (bicyclic) bond motifs is 1. The fourth-order valence-electron chi connectivity index (χ4n) is 3.77. The molecule has 0 fully saturated rings. The minimum atomic E-state index is -1.31. The first-order chi connectivity index (χ1) is 17.1. The molecule has 0 spiro atoms. The average molecular weight is 508 g/mol. The molecule has 4 rings (SSSR count).